The van der Waals surface area contributed by atoms with Gasteiger partial charge in [0.15, 0.2) is 0 Å². The van der Waals surface area contributed by atoms with Gasteiger partial charge in [0.25, 0.3) is 10.0 Å². The molecule has 9 heteroatoms. The highest BCUT2D eigenvalue weighted by atomic mass is 32.2. The molecule has 4 aromatic rings. The molecule has 6 nitrogen and oxygen atoms in total. The molecule has 0 radical (unpaired) electrons. The largest absolute Gasteiger partial charge is 0.414 e. The maximum Gasteiger partial charge on any atom is 0.396 e. The summed E-state index contributed by atoms with van der Waals surface area (Å²) in [4.78, 5) is 23.9. The first kappa shape index (κ1) is 20.0. The average molecular weight is 443 g/mol. The topological polar surface area (TPSA) is 84.7 Å². The summed E-state index contributed by atoms with van der Waals surface area (Å²) >= 11 is 0.803. The van der Waals surface area contributed by atoms with Gasteiger partial charge in [0.1, 0.15) is 11.4 Å². The molecule has 0 saturated heterocycles. The van der Waals surface area contributed by atoms with Gasteiger partial charge in [0, 0.05) is 0 Å². The van der Waals surface area contributed by atoms with Crippen LogP contribution in [0.25, 0.3) is 10.3 Å². The van der Waals surface area contributed by atoms with Crippen LogP contribution in [0.4, 0.5) is 10.1 Å². The van der Waals surface area contributed by atoms with Crippen molar-refractivity contribution in [1.82, 2.24) is 0 Å². The van der Waals surface area contributed by atoms with Gasteiger partial charge in [-0.2, -0.15) is 0 Å². The number of benzene rings is 3. The second-order valence-electron chi connectivity index (χ2n) is 6.36. The second kappa shape index (κ2) is 7.85. The van der Waals surface area contributed by atoms with Crippen LogP contribution in [0.2, 0.25) is 0 Å². The van der Waals surface area contributed by atoms with E-state index in [0.29, 0.717) is 20.2 Å². The minimum absolute atomic E-state index is 0.0600. The molecule has 0 saturated carbocycles. The molecule has 0 atom stereocenters. The molecule has 1 heterocycles. The smallest absolute Gasteiger partial charge is 0.396 e. The lowest BCUT2D eigenvalue weighted by molar-refractivity contribution is -0.116. The van der Waals surface area contributed by atoms with Gasteiger partial charge in [-0.1, -0.05) is 41.7 Å². The molecule has 30 heavy (non-hydrogen) atoms. The van der Waals surface area contributed by atoms with Gasteiger partial charge >= 0.3 is 4.94 Å². The number of nitrogens with zero attached hydrogens (tertiary/aromatic N) is 1. The molecule has 0 aliphatic carbocycles. The van der Waals surface area contributed by atoms with Crippen molar-refractivity contribution >= 4 is 43.2 Å². The van der Waals surface area contributed by atoms with E-state index in [2.05, 4.69) is 0 Å². The number of sulfonamides is 1. The fourth-order valence-electron chi connectivity index (χ4n) is 2.96. The summed E-state index contributed by atoms with van der Waals surface area (Å²) in [5.41, 5.74) is 0.990. The third-order valence-corrected chi connectivity index (χ3v) is 6.88. The van der Waals surface area contributed by atoms with E-state index in [0.717, 1.165) is 35.6 Å². The van der Waals surface area contributed by atoms with Crippen LogP contribution >= 0.6 is 11.3 Å². The van der Waals surface area contributed by atoms with E-state index < -0.39 is 26.7 Å². The molecule has 1 amide bonds. The van der Waals surface area contributed by atoms with Crippen LogP contribution in [0.1, 0.15) is 5.56 Å². The van der Waals surface area contributed by atoms with Crippen LogP contribution in [0.3, 0.4) is 0 Å². The minimum Gasteiger partial charge on any atom is -0.414 e. The summed E-state index contributed by atoms with van der Waals surface area (Å²) in [5.74, 6) is -1.29. The van der Waals surface area contributed by atoms with Gasteiger partial charge in [0.05, 0.1) is 21.7 Å². The molecule has 0 aliphatic heterocycles. The molecule has 0 fully saturated rings. The predicted molar refractivity (Wildman–Crippen MR) is 112 cm³/mol. The first-order valence-electron chi connectivity index (χ1n) is 8.76. The number of hydrogen-bond donors (Lipinski definition) is 0. The Labute approximate surface area is 174 Å². The Balaban J connectivity index is 1.83. The van der Waals surface area contributed by atoms with Crippen molar-refractivity contribution < 1.29 is 22.0 Å². The molecule has 4 rings (SSSR count). The molecule has 1 aromatic heterocycles. The van der Waals surface area contributed by atoms with E-state index in [1.807, 2.05) is 0 Å². The Morgan fingerprint density at radius 3 is 2.40 bits per heavy atom. The zero-order valence-electron chi connectivity index (χ0n) is 15.3. The number of fused-ring (bicyclic) bond motifs is 1. The highest BCUT2D eigenvalue weighted by molar-refractivity contribution is 7.93. The van der Waals surface area contributed by atoms with Gasteiger partial charge < -0.3 is 4.42 Å². The van der Waals surface area contributed by atoms with E-state index in [4.69, 9.17) is 4.42 Å². The molecular formula is C21H14FNO5S2. The molecular weight excluding hydrogens is 429 g/mol. The first-order chi connectivity index (χ1) is 14.3. The zero-order valence-corrected chi connectivity index (χ0v) is 17.0. The van der Waals surface area contributed by atoms with E-state index in [-0.39, 0.29) is 17.0 Å². The van der Waals surface area contributed by atoms with E-state index in [1.54, 1.807) is 30.3 Å². The summed E-state index contributed by atoms with van der Waals surface area (Å²) in [6.45, 7) is 0. The predicted octanol–water partition coefficient (Wildman–Crippen LogP) is 3.96. The number of carbonyl (C=O) groups is 1. The van der Waals surface area contributed by atoms with Crippen molar-refractivity contribution in [2.24, 2.45) is 0 Å². The zero-order chi connectivity index (χ0) is 21.3. The molecule has 0 unspecified atom stereocenters. The number of hydrogen-bond acceptors (Lipinski definition) is 6. The van der Waals surface area contributed by atoms with Crippen LogP contribution in [-0.4, -0.2) is 14.3 Å². The first-order valence-corrected chi connectivity index (χ1v) is 11.0. The summed E-state index contributed by atoms with van der Waals surface area (Å²) in [6, 6.07) is 17.2. The summed E-state index contributed by atoms with van der Waals surface area (Å²) in [5, 5.41) is 0. The standard InChI is InChI=1S/C21H14FNO5S2/c22-15-6-9-17(10-7-15)30(26,27)23(20(24)12-14-4-2-1-3-5-14)16-8-11-18-19(13-16)29-21(25)28-18/h1-11,13H,12H2. The van der Waals surface area contributed by atoms with Gasteiger partial charge in [-0.25, -0.2) is 21.9 Å². The quantitative estimate of drug-likeness (QED) is 0.466. The highest BCUT2D eigenvalue weighted by Crippen LogP contribution is 2.29. The summed E-state index contributed by atoms with van der Waals surface area (Å²) < 4.78 is 46.0. The highest BCUT2D eigenvalue weighted by Gasteiger charge is 2.31. The fraction of sp³-hybridized carbons (Fsp3) is 0.0476. The Bertz CT molecular complexity index is 1380. The van der Waals surface area contributed by atoms with Crippen LogP contribution in [0.5, 0.6) is 0 Å². The third kappa shape index (κ3) is 3.89. The number of carbonyl (C=O) groups excluding carboxylic acids is 1. The monoisotopic (exact) mass is 443 g/mol. The van der Waals surface area contributed by atoms with Crippen molar-refractivity contribution in [2.45, 2.75) is 11.3 Å². The summed E-state index contributed by atoms with van der Waals surface area (Å²) in [7, 11) is -4.34. The van der Waals surface area contributed by atoms with Crippen molar-refractivity contribution in [2.75, 3.05) is 4.31 Å². The van der Waals surface area contributed by atoms with Gasteiger partial charge in [-0.05, 0) is 48.0 Å². The maximum absolute atomic E-state index is 13.3. The maximum atomic E-state index is 13.3. The lowest BCUT2D eigenvalue weighted by atomic mass is 10.1. The lowest BCUT2D eigenvalue weighted by Gasteiger charge is -2.23. The average Bonchev–Trinajstić information content (AvgIpc) is 3.08. The Hall–Kier alpha value is -3.30. The van der Waals surface area contributed by atoms with E-state index in [1.165, 1.54) is 18.2 Å². The second-order valence-corrected chi connectivity index (χ2v) is 9.13. The molecule has 0 spiro atoms. The van der Waals surface area contributed by atoms with Crippen LogP contribution in [0, 0.1) is 5.82 Å². The van der Waals surface area contributed by atoms with Crippen molar-refractivity contribution in [3.63, 3.8) is 0 Å². The van der Waals surface area contributed by atoms with Gasteiger partial charge in [-0.3, -0.25) is 4.79 Å². The van der Waals surface area contributed by atoms with Crippen LogP contribution in [-0.2, 0) is 21.2 Å². The Kier molecular flexibility index (Phi) is 5.23. The van der Waals surface area contributed by atoms with Gasteiger partial charge in [0.2, 0.25) is 5.91 Å². The van der Waals surface area contributed by atoms with Crippen molar-refractivity contribution in [3.8, 4) is 0 Å². The van der Waals surface area contributed by atoms with Gasteiger partial charge in [-0.15, -0.1) is 0 Å². The van der Waals surface area contributed by atoms with Crippen molar-refractivity contribution in [1.29, 1.82) is 0 Å². The van der Waals surface area contributed by atoms with Crippen LogP contribution < -0.4 is 9.24 Å². The molecule has 0 N–H and O–H groups in total. The Morgan fingerprint density at radius 2 is 1.70 bits per heavy atom. The molecule has 152 valence electrons. The lowest BCUT2D eigenvalue weighted by Crippen LogP contribution is -2.38. The number of anilines is 1. The van der Waals surface area contributed by atoms with Crippen LogP contribution in [0.15, 0.2) is 86.9 Å². The van der Waals surface area contributed by atoms with Crippen molar-refractivity contribution in [3.05, 3.63) is 93.9 Å². The van der Waals surface area contributed by atoms with E-state index >= 15 is 0 Å². The third-order valence-electron chi connectivity index (χ3n) is 4.32. The minimum atomic E-state index is -4.34. The fourth-order valence-corrected chi connectivity index (χ4v) is 5.07. The molecule has 0 bridgehead atoms. The normalized spacial score (nSPS) is 11.5. The number of rotatable bonds is 5. The SMILES string of the molecule is O=C(Cc1ccccc1)N(c1ccc2oc(=O)sc2c1)S(=O)(=O)c1ccc(F)cc1. The molecule has 0 aliphatic rings. The Morgan fingerprint density at radius 1 is 1.00 bits per heavy atom. The molecule has 3 aromatic carbocycles. The van der Waals surface area contributed by atoms with E-state index in [9.17, 15) is 22.4 Å². The summed E-state index contributed by atoms with van der Waals surface area (Å²) in [6.07, 6.45) is -0.166. The number of amides is 1. The number of halogens is 1.